The number of carbonyl (C=O) groups is 1. The van der Waals surface area contributed by atoms with Crippen LogP contribution >= 0.6 is 0 Å². The number of nitrogens with one attached hydrogen (secondary N) is 1. The van der Waals surface area contributed by atoms with Crippen molar-refractivity contribution in [3.05, 3.63) is 65.5 Å². The number of amides is 1. The summed E-state index contributed by atoms with van der Waals surface area (Å²) in [4.78, 5) is 19.9. The van der Waals surface area contributed by atoms with E-state index in [1.807, 2.05) is 25.1 Å². The molecule has 0 radical (unpaired) electrons. The first-order chi connectivity index (χ1) is 12.6. The van der Waals surface area contributed by atoms with Crippen LogP contribution in [0.3, 0.4) is 0 Å². The summed E-state index contributed by atoms with van der Waals surface area (Å²) in [5.74, 6) is 0.787. The average molecular weight is 349 g/mol. The normalized spacial score (nSPS) is 26.5. The Morgan fingerprint density at radius 1 is 1.19 bits per heavy atom. The van der Waals surface area contributed by atoms with Gasteiger partial charge in [-0.05, 0) is 63.3 Å². The summed E-state index contributed by atoms with van der Waals surface area (Å²) >= 11 is 0. The van der Waals surface area contributed by atoms with E-state index in [4.69, 9.17) is 0 Å². The fourth-order valence-corrected chi connectivity index (χ4v) is 4.93. The second-order valence-corrected chi connectivity index (χ2v) is 7.88. The maximum absolute atomic E-state index is 13.1. The zero-order chi connectivity index (χ0) is 18.1. The van der Waals surface area contributed by atoms with Crippen molar-refractivity contribution in [2.24, 2.45) is 5.92 Å². The molecule has 1 aromatic heterocycles. The van der Waals surface area contributed by atoms with E-state index in [0.29, 0.717) is 5.56 Å². The largest absolute Gasteiger partial charge is 0.343 e. The van der Waals surface area contributed by atoms with Crippen molar-refractivity contribution in [2.75, 3.05) is 13.6 Å². The highest BCUT2D eigenvalue weighted by Gasteiger charge is 2.50. The molecule has 1 aromatic carbocycles. The third-order valence-corrected chi connectivity index (χ3v) is 6.46. The van der Waals surface area contributed by atoms with Gasteiger partial charge in [0.25, 0.3) is 5.91 Å². The SMILES string of the molecule is Cc1ncccc1C(=O)NC(c1ccccc1)C12CCC(CC1)CN2C. The quantitative estimate of drug-likeness (QED) is 0.915. The van der Waals surface area contributed by atoms with Crippen LogP contribution in [-0.2, 0) is 0 Å². The van der Waals surface area contributed by atoms with Gasteiger partial charge in [0, 0.05) is 24.0 Å². The molecule has 1 amide bonds. The summed E-state index contributed by atoms with van der Waals surface area (Å²) in [7, 11) is 2.22. The van der Waals surface area contributed by atoms with Crippen molar-refractivity contribution < 1.29 is 4.79 Å². The standard InChI is InChI=1S/C22H27N3O/c1-16-19(9-6-14-23-16)21(26)24-20(18-7-4-3-5-8-18)22-12-10-17(11-13-22)15-25(22)2/h3-9,14,17,20H,10-13,15H2,1-2H3,(H,24,26). The van der Waals surface area contributed by atoms with Crippen LogP contribution < -0.4 is 5.32 Å². The Labute approximate surface area is 155 Å². The van der Waals surface area contributed by atoms with Crippen molar-refractivity contribution in [3.8, 4) is 0 Å². The summed E-state index contributed by atoms with van der Waals surface area (Å²) in [6, 6.07) is 14.1. The van der Waals surface area contributed by atoms with Gasteiger partial charge in [-0.15, -0.1) is 0 Å². The van der Waals surface area contributed by atoms with E-state index in [1.165, 1.54) is 18.4 Å². The van der Waals surface area contributed by atoms with E-state index in [-0.39, 0.29) is 17.5 Å². The monoisotopic (exact) mass is 349 g/mol. The lowest BCUT2D eigenvalue weighted by Gasteiger charge is -2.57. The maximum Gasteiger partial charge on any atom is 0.253 e. The van der Waals surface area contributed by atoms with E-state index < -0.39 is 0 Å². The molecule has 1 aliphatic carbocycles. The number of pyridine rings is 1. The molecule has 4 nitrogen and oxygen atoms in total. The van der Waals surface area contributed by atoms with E-state index >= 15 is 0 Å². The van der Waals surface area contributed by atoms with E-state index in [2.05, 4.69) is 46.5 Å². The number of aromatic nitrogens is 1. The summed E-state index contributed by atoms with van der Waals surface area (Å²) in [6.45, 7) is 3.02. The minimum atomic E-state index is -0.0278. The molecule has 1 N–H and O–H groups in total. The van der Waals surface area contributed by atoms with Crippen molar-refractivity contribution >= 4 is 5.91 Å². The Morgan fingerprint density at radius 3 is 2.58 bits per heavy atom. The molecule has 2 aromatic rings. The molecule has 5 rings (SSSR count). The fourth-order valence-electron chi connectivity index (χ4n) is 4.93. The van der Waals surface area contributed by atoms with Crippen molar-refractivity contribution in [1.82, 2.24) is 15.2 Å². The minimum absolute atomic E-state index is 0.00186. The Hall–Kier alpha value is -2.20. The van der Waals surface area contributed by atoms with E-state index in [0.717, 1.165) is 31.0 Å². The molecule has 3 fully saturated rings. The van der Waals surface area contributed by atoms with Gasteiger partial charge in [-0.25, -0.2) is 0 Å². The van der Waals surface area contributed by atoms with Crippen LogP contribution in [0.15, 0.2) is 48.7 Å². The molecule has 3 heterocycles. The van der Waals surface area contributed by atoms with Crippen LogP contribution in [0.5, 0.6) is 0 Å². The number of carbonyl (C=O) groups excluding carboxylic acids is 1. The third kappa shape index (κ3) is 2.92. The Kier molecular flexibility index (Phi) is 4.53. The van der Waals surface area contributed by atoms with Gasteiger partial charge in [0.1, 0.15) is 0 Å². The topological polar surface area (TPSA) is 45.2 Å². The van der Waals surface area contributed by atoms with Crippen LogP contribution in [0.25, 0.3) is 0 Å². The molecule has 1 unspecified atom stereocenters. The lowest BCUT2D eigenvalue weighted by Crippen LogP contribution is -2.62. The Balaban J connectivity index is 1.70. The predicted octanol–water partition coefficient (Wildman–Crippen LogP) is 3.74. The molecule has 2 aliphatic heterocycles. The van der Waals surface area contributed by atoms with Crippen molar-refractivity contribution in [2.45, 2.75) is 44.2 Å². The molecule has 1 atom stereocenters. The number of piperidine rings is 2. The van der Waals surface area contributed by atoms with E-state index in [9.17, 15) is 4.79 Å². The molecule has 3 aliphatic rings. The van der Waals surface area contributed by atoms with Gasteiger partial charge in [-0.3, -0.25) is 14.7 Å². The molecular formula is C22H27N3O. The number of benzene rings is 1. The number of hydrogen-bond donors (Lipinski definition) is 1. The van der Waals surface area contributed by atoms with Crippen LogP contribution in [-0.4, -0.2) is 34.9 Å². The average Bonchev–Trinajstić information content (AvgIpc) is 2.68. The van der Waals surface area contributed by atoms with Crippen LogP contribution in [0.1, 0.15) is 53.3 Å². The summed E-state index contributed by atoms with van der Waals surface area (Å²) < 4.78 is 0. The first-order valence-corrected chi connectivity index (χ1v) is 9.59. The number of nitrogens with zero attached hydrogens (tertiary/aromatic N) is 2. The van der Waals surface area contributed by atoms with Crippen LogP contribution in [0.4, 0.5) is 0 Å². The first-order valence-electron chi connectivity index (χ1n) is 9.59. The number of fused-ring (bicyclic) bond motifs is 3. The predicted molar refractivity (Wildman–Crippen MR) is 103 cm³/mol. The molecule has 2 bridgehead atoms. The molecule has 1 saturated carbocycles. The van der Waals surface area contributed by atoms with Gasteiger partial charge < -0.3 is 5.32 Å². The summed E-state index contributed by atoms with van der Waals surface area (Å²) in [5.41, 5.74) is 2.63. The molecule has 0 spiro atoms. The smallest absolute Gasteiger partial charge is 0.253 e. The van der Waals surface area contributed by atoms with Gasteiger partial charge in [0.2, 0.25) is 0 Å². The Bertz CT molecular complexity index is 781. The number of rotatable bonds is 4. The minimum Gasteiger partial charge on any atom is -0.343 e. The fraction of sp³-hybridized carbons (Fsp3) is 0.455. The zero-order valence-corrected chi connectivity index (χ0v) is 15.6. The Morgan fingerprint density at radius 2 is 1.92 bits per heavy atom. The molecule has 26 heavy (non-hydrogen) atoms. The van der Waals surface area contributed by atoms with Crippen molar-refractivity contribution in [1.29, 1.82) is 0 Å². The molecule has 2 saturated heterocycles. The second kappa shape index (κ2) is 6.84. The molecule has 136 valence electrons. The first kappa shape index (κ1) is 17.2. The van der Waals surface area contributed by atoms with E-state index in [1.54, 1.807) is 6.20 Å². The lowest BCUT2D eigenvalue weighted by atomic mass is 9.66. The van der Waals surface area contributed by atoms with Crippen LogP contribution in [0.2, 0.25) is 0 Å². The van der Waals surface area contributed by atoms with Gasteiger partial charge in [-0.1, -0.05) is 30.3 Å². The molecular weight excluding hydrogens is 322 g/mol. The molecule has 4 heteroatoms. The number of hydrogen-bond acceptors (Lipinski definition) is 3. The van der Waals surface area contributed by atoms with Gasteiger partial charge >= 0.3 is 0 Å². The summed E-state index contributed by atoms with van der Waals surface area (Å²) in [5, 5.41) is 3.39. The maximum atomic E-state index is 13.1. The highest BCUT2D eigenvalue weighted by molar-refractivity contribution is 5.95. The zero-order valence-electron chi connectivity index (χ0n) is 15.6. The lowest BCUT2D eigenvalue weighted by molar-refractivity contribution is -0.0404. The van der Waals surface area contributed by atoms with Gasteiger partial charge in [-0.2, -0.15) is 0 Å². The summed E-state index contributed by atoms with van der Waals surface area (Å²) in [6.07, 6.45) is 6.53. The highest BCUT2D eigenvalue weighted by atomic mass is 16.1. The van der Waals surface area contributed by atoms with Crippen molar-refractivity contribution in [3.63, 3.8) is 0 Å². The number of aryl methyl sites for hydroxylation is 1. The van der Waals surface area contributed by atoms with Gasteiger partial charge in [0.05, 0.1) is 11.6 Å². The third-order valence-electron chi connectivity index (χ3n) is 6.46. The highest BCUT2D eigenvalue weighted by Crippen LogP contribution is 2.48. The van der Waals surface area contributed by atoms with Gasteiger partial charge in [0.15, 0.2) is 0 Å². The van der Waals surface area contributed by atoms with Crippen LogP contribution in [0, 0.1) is 12.8 Å². The second-order valence-electron chi connectivity index (χ2n) is 7.88. The number of likely N-dealkylation sites (N-methyl/N-ethyl adjacent to an activating group) is 1.